The van der Waals surface area contributed by atoms with E-state index in [2.05, 4.69) is 20.1 Å². The highest BCUT2D eigenvalue weighted by Crippen LogP contribution is 2.36. The number of benzene rings is 1. The van der Waals surface area contributed by atoms with Gasteiger partial charge in [-0.3, -0.25) is 4.90 Å². The fourth-order valence-corrected chi connectivity index (χ4v) is 4.66. The summed E-state index contributed by atoms with van der Waals surface area (Å²) in [6.45, 7) is 0. The summed E-state index contributed by atoms with van der Waals surface area (Å²) in [5.41, 5.74) is 1.88. The van der Waals surface area contributed by atoms with Crippen molar-refractivity contribution in [1.82, 2.24) is 24.6 Å². The summed E-state index contributed by atoms with van der Waals surface area (Å²) in [6, 6.07) is 9.00. The van der Waals surface area contributed by atoms with Gasteiger partial charge in [0.2, 0.25) is 5.88 Å². The molecule has 7 nitrogen and oxygen atoms in total. The van der Waals surface area contributed by atoms with Crippen molar-refractivity contribution in [1.29, 1.82) is 0 Å². The number of aromatic hydroxyl groups is 1. The van der Waals surface area contributed by atoms with Crippen LogP contribution in [0, 0.1) is 0 Å². The van der Waals surface area contributed by atoms with Gasteiger partial charge >= 0.3 is 0 Å². The fourth-order valence-electron chi connectivity index (χ4n) is 4.66. The van der Waals surface area contributed by atoms with E-state index in [-0.39, 0.29) is 11.8 Å². The number of ether oxygens (including phenoxy) is 1. The number of aromatic nitrogens is 4. The fraction of sp³-hybridized carbons (Fsp3) is 0.409. The van der Waals surface area contributed by atoms with E-state index >= 15 is 0 Å². The van der Waals surface area contributed by atoms with Crippen LogP contribution in [0.2, 0.25) is 0 Å². The number of hydrogen-bond donors (Lipinski definition) is 1. The summed E-state index contributed by atoms with van der Waals surface area (Å²) >= 11 is 0. The number of imidazole rings is 1. The summed E-state index contributed by atoms with van der Waals surface area (Å²) in [5, 5.41) is 18.8. The van der Waals surface area contributed by atoms with Crippen molar-refractivity contribution in [2.75, 3.05) is 7.05 Å². The molecular weight excluding hydrogens is 385 g/mol. The third kappa shape index (κ3) is 3.41. The topological polar surface area (TPSA) is 76.3 Å². The van der Waals surface area contributed by atoms with E-state index in [1.54, 1.807) is 47.6 Å². The van der Waals surface area contributed by atoms with Gasteiger partial charge in [-0.05, 0) is 38.1 Å². The molecule has 5 rings (SSSR count). The summed E-state index contributed by atoms with van der Waals surface area (Å²) in [5.74, 6) is 0.402. The Kier molecular flexibility index (Phi) is 4.86. The second-order valence-corrected chi connectivity index (χ2v) is 8.08. The van der Waals surface area contributed by atoms with Gasteiger partial charge < -0.3 is 14.4 Å². The van der Waals surface area contributed by atoms with Gasteiger partial charge in [-0.25, -0.2) is 9.37 Å². The van der Waals surface area contributed by atoms with Crippen LogP contribution in [-0.2, 0) is 0 Å². The SMILES string of the molecule is CN1C2CCCC1[C@@H](F)[C@H](Oc1ccc(-c3ccc(-n4ccnc4)cc3O)nn1)C2. The molecule has 2 aliphatic heterocycles. The summed E-state index contributed by atoms with van der Waals surface area (Å²) in [6.07, 6.45) is 7.29. The standard InChI is InChI=1S/C22H24FN5O2/c1-27-14-3-2-4-18(27)22(23)20(12-14)30-21-8-7-17(25-26-21)16-6-5-15(11-19(16)29)28-10-9-24-13-28/h5-11,13-14,18,20,22,29H,2-4,12H2,1H3/t14?,18?,20-,22-/m1/s1. The number of phenols is 1. The Balaban J connectivity index is 1.31. The minimum atomic E-state index is -1.03. The lowest BCUT2D eigenvalue weighted by Gasteiger charge is -2.48. The molecule has 2 aromatic heterocycles. The smallest absolute Gasteiger partial charge is 0.233 e. The van der Waals surface area contributed by atoms with Gasteiger partial charge in [-0.2, -0.15) is 0 Å². The Morgan fingerprint density at radius 1 is 1.17 bits per heavy atom. The van der Waals surface area contributed by atoms with Crippen molar-refractivity contribution in [3.63, 3.8) is 0 Å². The molecule has 0 spiro atoms. The van der Waals surface area contributed by atoms with Crippen LogP contribution in [0.15, 0.2) is 49.1 Å². The average molecular weight is 409 g/mol. The summed E-state index contributed by atoms with van der Waals surface area (Å²) < 4.78 is 22.6. The lowest BCUT2D eigenvalue weighted by Crippen LogP contribution is -2.59. The van der Waals surface area contributed by atoms with E-state index in [1.165, 1.54) is 0 Å². The molecule has 2 aliphatic rings. The van der Waals surface area contributed by atoms with Gasteiger partial charge in [0.15, 0.2) is 6.17 Å². The zero-order chi connectivity index (χ0) is 20.7. The first-order valence-electron chi connectivity index (χ1n) is 10.3. The van der Waals surface area contributed by atoms with Crippen LogP contribution in [0.25, 0.3) is 16.9 Å². The summed E-state index contributed by atoms with van der Waals surface area (Å²) in [4.78, 5) is 6.18. The molecule has 3 aromatic rings. The number of rotatable bonds is 4. The first-order chi connectivity index (χ1) is 14.6. The van der Waals surface area contributed by atoms with E-state index in [0.717, 1.165) is 24.9 Å². The van der Waals surface area contributed by atoms with Crippen molar-refractivity contribution in [3.8, 4) is 28.6 Å². The van der Waals surface area contributed by atoms with Crippen LogP contribution in [-0.4, -0.2) is 61.2 Å². The number of halogens is 1. The Morgan fingerprint density at radius 2 is 2.07 bits per heavy atom. The predicted molar refractivity (Wildman–Crippen MR) is 109 cm³/mol. The molecule has 1 aromatic carbocycles. The number of fused-ring (bicyclic) bond motifs is 2. The van der Waals surface area contributed by atoms with Gasteiger partial charge in [-0.1, -0.05) is 6.42 Å². The highest BCUT2D eigenvalue weighted by atomic mass is 19.1. The Labute approximate surface area is 174 Å². The van der Waals surface area contributed by atoms with Gasteiger partial charge in [0.25, 0.3) is 0 Å². The third-order valence-corrected chi connectivity index (χ3v) is 6.34. The van der Waals surface area contributed by atoms with Gasteiger partial charge in [-0.15, -0.1) is 10.2 Å². The molecule has 2 fully saturated rings. The Bertz CT molecular complexity index is 1010. The lowest BCUT2D eigenvalue weighted by atomic mass is 9.82. The van der Waals surface area contributed by atoms with Crippen molar-refractivity contribution < 1.29 is 14.2 Å². The molecule has 30 heavy (non-hydrogen) atoms. The molecule has 2 saturated heterocycles. The van der Waals surface area contributed by atoms with Crippen molar-refractivity contribution in [2.45, 2.75) is 50.0 Å². The monoisotopic (exact) mass is 409 g/mol. The number of hydrogen-bond acceptors (Lipinski definition) is 6. The average Bonchev–Trinajstić information content (AvgIpc) is 3.28. The van der Waals surface area contributed by atoms with Gasteiger partial charge in [0, 0.05) is 48.6 Å². The third-order valence-electron chi connectivity index (χ3n) is 6.34. The highest BCUT2D eigenvalue weighted by Gasteiger charge is 2.45. The zero-order valence-electron chi connectivity index (χ0n) is 16.7. The van der Waals surface area contributed by atoms with E-state index in [1.807, 2.05) is 13.1 Å². The minimum Gasteiger partial charge on any atom is -0.507 e. The molecular formula is C22H24FN5O2. The molecule has 0 aliphatic carbocycles. The van der Waals surface area contributed by atoms with E-state index in [0.29, 0.717) is 29.6 Å². The van der Waals surface area contributed by atoms with Crippen LogP contribution in [0.4, 0.5) is 4.39 Å². The normalized spacial score (nSPS) is 26.5. The number of piperidine rings is 2. The van der Waals surface area contributed by atoms with Crippen molar-refractivity contribution in [3.05, 3.63) is 49.1 Å². The minimum absolute atomic E-state index is 0.0827. The molecule has 1 N–H and O–H groups in total. The molecule has 0 saturated carbocycles. The number of nitrogens with zero attached hydrogens (tertiary/aromatic N) is 5. The number of alkyl halides is 1. The summed E-state index contributed by atoms with van der Waals surface area (Å²) in [7, 11) is 2.01. The molecule has 4 heterocycles. The maximum Gasteiger partial charge on any atom is 0.233 e. The maximum absolute atomic E-state index is 15.0. The molecule has 8 heteroatoms. The van der Waals surface area contributed by atoms with Crippen LogP contribution in [0.5, 0.6) is 11.6 Å². The first-order valence-corrected chi connectivity index (χ1v) is 10.3. The van der Waals surface area contributed by atoms with Gasteiger partial charge in [0.1, 0.15) is 11.9 Å². The lowest BCUT2D eigenvalue weighted by molar-refractivity contribution is -0.0640. The Morgan fingerprint density at radius 3 is 2.80 bits per heavy atom. The van der Waals surface area contributed by atoms with Crippen LogP contribution >= 0.6 is 0 Å². The van der Waals surface area contributed by atoms with Crippen molar-refractivity contribution in [2.24, 2.45) is 0 Å². The van der Waals surface area contributed by atoms with Gasteiger partial charge in [0.05, 0.1) is 17.7 Å². The van der Waals surface area contributed by atoms with E-state index < -0.39 is 12.3 Å². The second-order valence-electron chi connectivity index (χ2n) is 8.08. The van der Waals surface area contributed by atoms with Crippen molar-refractivity contribution >= 4 is 0 Å². The Hall–Kier alpha value is -3.00. The second kappa shape index (κ2) is 7.68. The van der Waals surface area contributed by atoms with Crippen LogP contribution in [0.3, 0.4) is 0 Å². The quantitative estimate of drug-likeness (QED) is 0.712. The van der Waals surface area contributed by atoms with E-state index in [9.17, 15) is 9.50 Å². The van der Waals surface area contributed by atoms with E-state index in [4.69, 9.17) is 4.74 Å². The molecule has 0 amide bonds. The van der Waals surface area contributed by atoms with Crippen LogP contribution < -0.4 is 4.74 Å². The number of phenolic OH excluding ortho intramolecular Hbond substituents is 1. The molecule has 156 valence electrons. The molecule has 2 unspecified atom stereocenters. The largest absolute Gasteiger partial charge is 0.507 e. The first kappa shape index (κ1) is 19.0. The maximum atomic E-state index is 15.0. The molecule has 2 bridgehead atoms. The van der Waals surface area contributed by atoms with Crippen LogP contribution in [0.1, 0.15) is 25.7 Å². The molecule has 0 radical (unpaired) electrons. The predicted octanol–water partition coefficient (Wildman–Crippen LogP) is 3.38. The molecule has 4 atom stereocenters. The highest BCUT2D eigenvalue weighted by molar-refractivity contribution is 5.68. The zero-order valence-corrected chi connectivity index (χ0v) is 16.7.